The Bertz CT molecular complexity index is 303. The molecule has 0 radical (unpaired) electrons. The number of nitrogens with one attached hydrogen (secondary N) is 1. The second kappa shape index (κ2) is 4.65. The van der Waals surface area contributed by atoms with Crippen molar-refractivity contribution in [2.24, 2.45) is 0 Å². The molecule has 1 N–H and O–H groups in total. The van der Waals surface area contributed by atoms with E-state index in [1.807, 2.05) is 24.2 Å². The fourth-order valence-corrected chi connectivity index (χ4v) is 2.91. The first kappa shape index (κ1) is 10.5. The molecule has 0 amide bonds. The first-order valence-corrected chi connectivity index (χ1v) is 6.72. The van der Waals surface area contributed by atoms with Crippen LogP contribution in [0.1, 0.15) is 13.3 Å². The van der Waals surface area contributed by atoms with Gasteiger partial charge in [0.05, 0.1) is 0 Å². The number of halogens is 1. The summed E-state index contributed by atoms with van der Waals surface area (Å²) in [5.74, 6) is 1.92. The fraction of sp³-hybridized carbons (Fsp3) is 0.556. The quantitative estimate of drug-likeness (QED) is 0.849. The first-order chi connectivity index (χ1) is 6.74. The van der Waals surface area contributed by atoms with Gasteiger partial charge in [0, 0.05) is 33.0 Å². The number of nitrogens with zero attached hydrogens (tertiary/aromatic N) is 2. The Hall–Kier alpha value is -0.0400. The van der Waals surface area contributed by atoms with Crippen molar-refractivity contribution in [1.29, 1.82) is 0 Å². The lowest BCUT2D eigenvalue weighted by molar-refractivity contribution is 0.738. The van der Waals surface area contributed by atoms with Gasteiger partial charge in [-0.05, 0) is 29.0 Å². The minimum atomic E-state index is 0.537. The van der Waals surface area contributed by atoms with Gasteiger partial charge in [0.2, 0.25) is 5.95 Å². The summed E-state index contributed by atoms with van der Waals surface area (Å²) in [7, 11) is 0. The van der Waals surface area contributed by atoms with Crippen LogP contribution in [0.25, 0.3) is 0 Å². The van der Waals surface area contributed by atoms with Gasteiger partial charge in [0.25, 0.3) is 0 Å². The zero-order valence-corrected chi connectivity index (χ0v) is 10.9. The molecule has 76 valence electrons. The molecule has 1 fully saturated rings. The maximum atomic E-state index is 4.23. The highest BCUT2D eigenvalue weighted by atomic mass is 127. The van der Waals surface area contributed by atoms with Crippen LogP contribution in [-0.4, -0.2) is 27.0 Å². The molecule has 0 aromatic carbocycles. The maximum absolute atomic E-state index is 4.23. The zero-order valence-electron chi connectivity index (χ0n) is 7.90. The van der Waals surface area contributed by atoms with E-state index in [9.17, 15) is 0 Å². The van der Waals surface area contributed by atoms with Gasteiger partial charge in [-0.15, -0.1) is 0 Å². The Kier molecular flexibility index (Phi) is 3.48. The van der Waals surface area contributed by atoms with Crippen LogP contribution in [0.15, 0.2) is 12.4 Å². The van der Waals surface area contributed by atoms with Crippen LogP contribution in [0.2, 0.25) is 0 Å². The molecule has 0 bridgehead atoms. The summed E-state index contributed by atoms with van der Waals surface area (Å²) in [5.41, 5.74) is 0. The molecular weight excluding hydrogens is 309 g/mol. The van der Waals surface area contributed by atoms with Gasteiger partial charge >= 0.3 is 0 Å². The van der Waals surface area contributed by atoms with Gasteiger partial charge in [-0.25, -0.2) is 9.97 Å². The summed E-state index contributed by atoms with van der Waals surface area (Å²) >= 11 is 4.22. The molecule has 1 aromatic heterocycles. The SMILES string of the molecule is CC1CC(Nc2ncc(I)cn2)CS1. The van der Waals surface area contributed by atoms with Gasteiger partial charge in [0.15, 0.2) is 0 Å². The number of anilines is 1. The molecule has 1 aromatic rings. The number of rotatable bonds is 2. The molecule has 3 nitrogen and oxygen atoms in total. The average Bonchev–Trinajstić information content (AvgIpc) is 2.56. The maximum Gasteiger partial charge on any atom is 0.222 e. The highest BCUT2D eigenvalue weighted by molar-refractivity contribution is 14.1. The average molecular weight is 321 g/mol. The molecule has 2 unspecified atom stereocenters. The Labute approximate surface area is 102 Å². The fourth-order valence-electron chi connectivity index (χ4n) is 1.49. The predicted octanol–water partition coefficient (Wildman–Crippen LogP) is 2.39. The Morgan fingerprint density at radius 3 is 2.79 bits per heavy atom. The van der Waals surface area contributed by atoms with Crippen LogP contribution in [-0.2, 0) is 0 Å². The van der Waals surface area contributed by atoms with E-state index in [1.54, 1.807) is 0 Å². The number of hydrogen-bond donors (Lipinski definition) is 1. The molecule has 2 rings (SSSR count). The van der Waals surface area contributed by atoms with Crippen LogP contribution in [0.4, 0.5) is 5.95 Å². The van der Waals surface area contributed by atoms with Crippen molar-refractivity contribution in [3.8, 4) is 0 Å². The summed E-state index contributed by atoms with van der Waals surface area (Å²) in [4.78, 5) is 8.46. The van der Waals surface area contributed by atoms with Crippen LogP contribution in [0.3, 0.4) is 0 Å². The van der Waals surface area contributed by atoms with Gasteiger partial charge in [-0.3, -0.25) is 0 Å². The summed E-state index contributed by atoms with van der Waals surface area (Å²) < 4.78 is 1.07. The van der Waals surface area contributed by atoms with Crippen molar-refractivity contribution in [3.63, 3.8) is 0 Å². The standard InChI is InChI=1S/C9H12IN3S/c1-6-2-8(5-14-6)13-9-11-3-7(10)4-12-9/h3-4,6,8H,2,5H2,1H3,(H,11,12,13). The van der Waals surface area contributed by atoms with E-state index in [4.69, 9.17) is 0 Å². The normalized spacial score (nSPS) is 26.4. The van der Waals surface area contributed by atoms with E-state index in [2.05, 4.69) is 44.8 Å². The molecule has 1 saturated heterocycles. The smallest absolute Gasteiger partial charge is 0.222 e. The topological polar surface area (TPSA) is 37.8 Å². The first-order valence-electron chi connectivity index (χ1n) is 4.60. The van der Waals surface area contributed by atoms with E-state index < -0.39 is 0 Å². The third kappa shape index (κ3) is 2.73. The summed E-state index contributed by atoms with van der Waals surface area (Å²) in [5, 5.41) is 4.11. The van der Waals surface area contributed by atoms with Crippen LogP contribution in [0, 0.1) is 3.57 Å². The molecule has 14 heavy (non-hydrogen) atoms. The molecule has 0 spiro atoms. The molecular formula is C9H12IN3S. The minimum Gasteiger partial charge on any atom is -0.351 e. The monoisotopic (exact) mass is 321 g/mol. The second-order valence-electron chi connectivity index (χ2n) is 3.45. The van der Waals surface area contributed by atoms with Gasteiger partial charge in [-0.1, -0.05) is 6.92 Å². The Balaban J connectivity index is 1.94. The molecule has 2 atom stereocenters. The lowest BCUT2D eigenvalue weighted by Gasteiger charge is -2.10. The van der Waals surface area contributed by atoms with Crippen LogP contribution < -0.4 is 5.32 Å². The number of hydrogen-bond acceptors (Lipinski definition) is 4. The largest absolute Gasteiger partial charge is 0.351 e. The molecule has 5 heteroatoms. The summed E-state index contributed by atoms with van der Waals surface area (Å²) in [6.07, 6.45) is 4.88. The van der Waals surface area contributed by atoms with Crippen molar-refractivity contribution in [1.82, 2.24) is 9.97 Å². The van der Waals surface area contributed by atoms with Crippen molar-refractivity contribution >= 4 is 40.3 Å². The molecule has 0 aliphatic carbocycles. The van der Waals surface area contributed by atoms with E-state index in [0.717, 1.165) is 20.5 Å². The van der Waals surface area contributed by atoms with E-state index >= 15 is 0 Å². The van der Waals surface area contributed by atoms with Crippen molar-refractivity contribution < 1.29 is 0 Å². The predicted molar refractivity (Wildman–Crippen MR) is 68.7 cm³/mol. The third-order valence-corrected chi connectivity index (χ3v) is 4.07. The summed E-state index contributed by atoms with van der Waals surface area (Å²) in [6, 6.07) is 0.537. The Morgan fingerprint density at radius 2 is 2.21 bits per heavy atom. The van der Waals surface area contributed by atoms with E-state index in [0.29, 0.717) is 6.04 Å². The Morgan fingerprint density at radius 1 is 1.50 bits per heavy atom. The van der Waals surface area contributed by atoms with Gasteiger partial charge < -0.3 is 5.32 Å². The lowest BCUT2D eigenvalue weighted by atomic mass is 10.2. The number of aromatic nitrogens is 2. The highest BCUT2D eigenvalue weighted by Crippen LogP contribution is 2.27. The minimum absolute atomic E-state index is 0.537. The van der Waals surface area contributed by atoms with Crippen molar-refractivity contribution in [2.75, 3.05) is 11.1 Å². The van der Waals surface area contributed by atoms with Crippen molar-refractivity contribution in [2.45, 2.75) is 24.6 Å². The van der Waals surface area contributed by atoms with Crippen LogP contribution >= 0.6 is 34.4 Å². The van der Waals surface area contributed by atoms with Gasteiger partial charge in [0.1, 0.15) is 0 Å². The second-order valence-corrected chi connectivity index (χ2v) is 6.16. The highest BCUT2D eigenvalue weighted by Gasteiger charge is 2.21. The lowest BCUT2D eigenvalue weighted by Crippen LogP contribution is -2.20. The third-order valence-electron chi connectivity index (χ3n) is 2.15. The van der Waals surface area contributed by atoms with E-state index in [1.165, 1.54) is 6.42 Å². The zero-order chi connectivity index (χ0) is 9.97. The molecule has 2 heterocycles. The van der Waals surface area contributed by atoms with E-state index in [-0.39, 0.29) is 0 Å². The number of thioether (sulfide) groups is 1. The van der Waals surface area contributed by atoms with Gasteiger partial charge in [-0.2, -0.15) is 11.8 Å². The van der Waals surface area contributed by atoms with Crippen LogP contribution in [0.5, 0.6) is 0 Å². The molecule has 1 aliphatic rings. The molecule has 1 aliphatic heterocycles. The van der Waals surface area contributed by atoms with Crippen molar-refractivity contribution in [3.05, 3.63) is 16.0 Å². The molecule has 0 saturated carbocycles. The summed E-state index contributed by atoms with van der Waals surface area (Å²) in [6.45, 7) is 2.27.